The first kappa shape index (κ1) is 22.4. The van der Waals surface area contributed by atoms with E-state index in [-0.39, 0.29) is 18.2 Å². The van der Waals surface area contributed by atoms with E-state index in [0.717, 1.165) is 10.1 Å². The van der Waals surface area contributed by atoms with Gasteiger partial charge in [0.2, 0.25) is 0 Å². The van der Waals surface area contributed by atoms with Crippen LogP contribution in [-0.2, 0) is 24.2 Å². The van der Waals surface area contributed by atoms with Crippen molar-refractivity contribution in [3.8, 4) is 0 Å². The molecule has 0 amide bonds. The molecule has 1 aromatic heterocycles. The predicted molar refractivity (Wildman–Crippen MR) is 121 cm³/mol. The lowest BCUT2D eigenvalue weighted by molar-refractivity contribution is 0.0967. The van der Waals surface area contributed by atoms with Crippen molar-refractivity contribution in [1.29, 1.82) is 0 Å². The molecule has 3 rings (SSSR count). The van der Waals surface area contributed by atoms with E-state index in [9.17, 15) is 14.4 Å². The van der Waals surface area contributed by atoms with Crippen LogP contribution in [0.1, 0.15) is 46.9 Å². The summed E-state index contributed by atoms with van der Waals surface area (Å²) in [4.78, 5) is 39.5. The fourth-order valence-electron chi connectivity index (χ4n) is 3.73. The molecule has 1 heterocycles. The molecule has 0 aliphatic carbocycles. The molecule has 31 heavy (non-hydrogen) atoms. The van der Waals surface area contributed by atoms with E-state index in [4.69, 9.17) is 4.74 Å². The third-order valence-corrected chi connectivity index (χ3v) is 5.28. The second-order valence-electron chi connectivity index (χ2n) is 7.78. The number of carbonyl (C=O) groups excluding carboxylic acids is 1. The van der Waals surface area contributed by atoms with Gasteiger partial charge in [-0.05, 0) is 11.5 Å². The van der Waals surface area contributed by atoms with Gasteiger partial charge >= 0.3 is 5.69 Å². The first-order chi connectivity index (χ1) is 14.9. The van der Waals surface area contributed by atoms with Crippen molar-refractivity contribution in [2.75, 3.05) is 13.7 Å². The number of benzene rings is 2. The predicted octanol–water partition coefficient (Wildman–Crippen LogP) is 3.25. The number of ether oxygens (including phenoxy) is 1. The number of aromatic nitrogens is 2. The molecule has 162 valence electrons. The minimum atomic E-state index is -0.485. The summed E-state index contributed by atoms with van der Waals surface area (Å²) < 4.78 is 7.87. The molecule has 0 N–H and O–H groups in total. The van der Waals surface area contributed by atoms with Gasteiger partial charge in [-0.15, -0.1) is 0 Å². The summed E-state index contributed by atoms with van der Waals surface area (Å²) >= 11 is 0. The molecule has 0 saturated heterocycles. The zero-order valence-electron chi connectivity index (χ0n) is 18.2. The molecule has 2 aromatic carbocycles. The topological polar surface area (TPSA) is 70.3 Å². The zero-order valence-corrected chi connectivity index (χ0v) is 18.2. The highest BCUT2D eigenvalue weighted by Crippen LogP contribution is 2.18. The first-order valence-electron chi connectivity index (χ1n) is 10.4. The smallest absolute Gasteiger partial charge is 0.331 e. The number of methoxy groups -OCH3 is 1. The second kappa shape index (κ2) is 10.2. The molecule has 0 saturated carbocycles. The van der Waals surface area contributed by atoms with Crippen LogP contribution in [0.4, 0.5) is 0 Å². The Bertz CT molecular complexity index is 1150. The van der Waals surface area contributed by atoms with Gasteiger partial charge < -0.3 is 4.74 Å². The van der Waals surface area contributed by atoms with E-state index in [2.05, 4.69) is 0 Å². The maximum Gasteiger partial charge on any atom is 0.331 e. The fraction of sp³-hybridized carbons (Fsp3) is 0.320. The molecule has 0 unspecified atom stereocenters. The van der Waals surface area contributed by atoms with Crippen molar-refractivity contribution in [3.05, 3.63) is 104 Å². The van der Waals surface area contributed by atoms with E-state index in [0.29, 0.717) is 36.4 Å². The minimum Gasteiger partial charge on any atom is -0.383 e. The van der Waals surface area contributed by atoms with E-state index >= 15 is 0 Å². The molecular formula is C25H28N2O4. The molecule has 0 bridgehead atoms. The van der Waals surface area contributed by atoms with E-state index in [1.165, 1.54) is 0 Å². The Morgan fingerprint density at radius 2 is 1.55 bits per heavy atom. The highest BCUT2D eigenvalue weighted by atomic mass is 16.5. The maximum atomic E-state index is 13.4. The Morgan fingerprint density at radius 3 is 2.13 bits per heavy atom. The summed E-state index contributed by atoms with van der Waals surface area (Å²) in [5, 5.41) is 0. The molecular weight excluding hydrogens is 392 g/mol. The summed E-state index contributed by atoms with van der Waals surface area (Å²) in [6.45, 7) is 4.19. The van der Waals surface area contributed by atoms with Crippen molar-refractivity contribution >= 4 is 5.78 Å². The number of rotatable bonds is 9. The summed E-state index contributed by atoms with van der Waals surface area (Å²) in [6, 6.07) is 18.4. The molecule has 0 aliphatic heterocycles. The van der Waals surface area contributed by atoms with E-state index in [1.54, 1.807) is 35.9 Å². The van der Waals surface area contributed by atoms with Gasteiger partial charge in [0.05, 0.1) is 19.7 Å². The number of carbonyl (C=O) groups is 1. The van der Waals surface area contributed by atoms with Crippen LogP contribution in [0.25, 0.3) is 0 Å². The van der Waals surface area contributed by atoms with Crippen LogP contribution in [0, 0.1) is 0 Å². The van der Waals surface area contributed by atoms with Crippen molar-refractivity contribution in [1.82, 2.24) is 9.13 Å². The number of ketones is 1. The molecule has 6 heteroatoms. The van der Waals surface area contributed by atoms with Gasteiger partial charge in [-0.2, -0.15) is 0 Å². The van der Waals surface area contributed by atoms with Crippen LogP contribution in [-0.4, -0.2) is 28.6 Å². The average molecular weight is 421 g/mol. The zero-order chi connectivity index (χ0) is 22.4. The van der Waals surface area contributed by atoms with Gasteiger partial charge in [-0.25, -0.2) is 4.79 Å². The maximum absolute atomic E-state index is 13.4. The quantitative estimate of drug-likeness (QED) is 0.498. The van der Waals surface area contributed by atoms with Gasteiger partial charge in [-0.1, -0.05) is 74.5 Å². The molecule has 6 nitrogen and oxygen atoms in total. The Labute approximate surface area is 181 Å². The van der Waals surface area contributed by atoms with Crippen LogP contribution in [0.15, 0.2) is 70.3 Å². The summed E-state index contributed by atoms with van der Waals surface area (Å²) in [5.41, 5.74) is 1.83. The lowest BCUT2D eigenvalue weighted by Crippen LogP contribution is -2.45. The van der Waals surface area contributed by atoms with Gasteiger partial charge in [0, 0.05) is 30.4 Å². The summed E-state index contributed by atoms with van der Waals surface area (Å²) in [6.07, 6.45) is 0.454. The molecule has 0 spiro atoms. The van der Waals surface area contributed by atoms with Crippen molar-refractivity contribution in [2.24, 2.45) is 0 Å². The second-order valence-corrected chi connectivity index (χ2v) is 7.78. The highest BCUT2D eigenvalue weighted by Gasteiger charge is 2.23. The van der Waals surface area contributed by atoms with Crippen LogP contribution in [0.3, 0.4) is 0 Å². The third-order valence-electron chi connectivity index (χ3n) is 5.28. The first-order valence-corrected chi connectivity index (χ1v) is 10.4. The fourth-order valence-corrected chi connectivity index (χ4v) is 3.73. The summed E-state index contributed by atoms with van der Waals surface area (Å²) in [7, 11) is 1.57. The van der Waals surface area contributed by atoms with E-state index < -0.39 is 11.2 Å². The molecule has 0 radical (unpaired) electrons. The number of Topliss-reactive ketones (excluding diaryl/α,β-unsaturated/α-hetero) is 1. The van der Waals surface area contributed by atoms with Gasteiger partial charge in [-0.3, -0.25) is 18.7 Å². The summed E-state index contributed by atoms with van der Waals surface area (Å²) in [5.74, 6) is -0.387. The van der Waals surface area contributed by atoms with Crippen molar-refractivity contribution in [2.45, 2.75) is 39.3 Å². The van der Waals surface area contributed by atoms with Crippen molar-refractivity contribution < 1.29 is 9.53 Å². The Balaban J connectivity index is 2.16. The third kappa shape index (κ3) is 5.09. The Kier molecular flexibility index (Phi) is 7.36. The Hall–Kier alpha value is -3.25. The highest BCUT2D eigenvalue weighted by molar-refractivity contribution is 5.95. The molecule has 3 aromatic rings. The standard InChI is InChI=1S/C25H28N2O4/c1-18(2)23-21(16-19-10-6-4-7-11-19)26(14-15-31-3)25(30)27(24(23)29)17-22(28)20-12-8-5-9-13-20/h4-13,18H,14-17H2,1-3H3. The molecule has 0 atom stereocenters. The van der Waals surface area contributed by atoms with Gasteiger partial charge in [0.15, 0.2) is 5.78 Å². The largest absolute Gasteiger partial charge is 0.383 e. The Morgan fingerprint density at radius 1 is 0.935 bits per heavy atom. The molecule has 0 fully saturated rings. The number of nitrogens with zero attached hydrogens (tertiary/aromatic N) is 2. The van der Waals surface area contributed by atoms with Crippen molar-refractivity contribution in [3.63, 3.8) is 0 Å². The van der Waals surface area contributed by atoms with Gasteiger partial charge in [0.25, 0.3) is 5.56 Å². The number of hydrogen-bond donors (Lipinski definition) is 0. The van der Waals surface area contributed by atoms with Crippen LogP contribution >= 0.6 is 0 Å². The minimum absolute atomic E-state index is 0.112. The van der Waals surface area contributed by atoms with Gasteiger partial charge in [0.1, 0.15) is 0 Å². The van der Waals surface area contributed by atoms with Crippen LogP contribution < -0.4 is 11.2 Å². The van der Waals surface area contributed by atoms with E-state index in [1.807, 2.05) is 50.2 Å². The lowest BCUT2D eigenvalue weighted by Gasteiger charge is -2.21. The van der Waals surface area contributed by atoms with Crippen LogP contribution in [0.2, 0.25) is 0 Å². The lowest BCUT2D eigenvalue weighted by atomic mass is 9.97. The molecule has 0 aliphatic rings. The monoisotopic (exact) mass is 420 g/mol. The SMILES string of the molecule is COCCn1c(Cc2ccccc2)c(C(C)C)c(=O)n(CC(=O)c2ccccc2)c1=O. The average Bonchev–Trinajstić information content (AvgIpc) is 2.77. The van der Waals surface area contributed by atoms with Crippen LogP contribution in [0.5, 0.6) is 0 Å². The normalized spacial score (nSPS) is 11.1. The number of hydrogen-bond acceptors (Lipinski definition) is 4.